The lowest BCUT2D eigenvalue weighted by atomic mass is 9.84. The molecule has 0 amide bonds. The van der Waals surface area contributed by atoms with E-state index in [0.29, 0.717) is 17.4 Å². The molecule has 0 bridgehead atoms. The minimum absolute atomic E-state index is 0.118. The van der Waals surface area contributed by atoms with E-state index in [1.807, 2.05) is 0 Å². The molecule has 30 heavy (non-hydrogen) atoms. The largest absolute Gasteiger partial charge is 0.356 e. The second-order valence-corrected chi connectivity index (χ2v) is 10.9. The number of hydrogen-bond acceptors (Lipinski definition) is 5. The van der Waals surface area contributed by atoms with Crippen molar-refractivity contribution in [2.45, 2.75) is 63.8 Å². The number of benzene rings is 1. The minimum atomic E-state index is -3.09. The average Bonchev–Trinajstić information content (AvgIpc) is 3.16. The lowest BCUT2D eigenvalue weighted by molar-refractivity contribution is 0.183. The monoisotopic (exact) mass is 437 g/mol. The van der Waals surface area contributed by atoms with Crippen LogP contribution in [0.25, 0.3) is 11.0 Å². The predicted octanol–water partition coefficient (Wildman–Crippen LogP) is 4.03. The third kappa shape index (κ3) is 5.21. The first-order valence-corrected chi connectivity index (χ1v) is 12.9. The van der Waals surface area contributed by atoms with Crippen LogP contribution in [0.1, 0.15) is 63.5 Å². The Morgan fingerprint density at radius 1 is 1.17 bits per heavy atom. The van der Waals surface area contributed by atoms with Crippen molar-refractivity contribution in [1.29, 1.82) is 0 Å². The first kappa shape index (κ1) is 21.7. The topological polar surface area (TPSA) is 75.4 Å². The average molecular weight is 438 g/mol. The Morgan fingerprint density at radius 2 is 1.90 bits per heavy atom. The molecule has 2 aromatic rings. The number of halogens is 1. The second kappa shape index (κ2) is 9.32. The maximum absolute atomic E-state index is 13.4. The first-order chi connectivity index (χ1) is 14.4. The van der Waals surface area contributed by atoms with E-state index in [4.69, 9.17) is 4.52 Å². The molecule has 0 atom stereocenters. The fourth-order valence-corrected chi connectivity index (χ4v) is 5.84. The Labute approximate surface area is 178 Å². The van der Waals surface area contributed by atoms with Crippen LogP contribution < -0.4 is 4.72 Å². The zero-order chi connectivity index (χ0) is 21.1. The number of nitrogens with one attached hydrogen (secondary N) is 1. The molecule has 6 nitrogen and oxygen atoms in total. The van der Waals surface area contributed by atoms with Gasteiger partial charge in [-0.15, -0.1) is 0 Å². The number of rotatable bonds is 7. The minimum Gasteiger partial charge on any atom is -0.356 e. The van der Waals surface area contributed by atoms with E-state index in [1.54, 1.807) is 13.0 Å². The summed E-state index contributed by atoms with van der Waals surface area (Å²) in [6, 6.07) is 4.77. The van der Waals surface area contributed by atoms with Crippen LogP contribution in [0.4, 0.5) is 4.39 Å². The summed E-state index contributed by atoms with van der Waals surface area (Å²) in [5.41, 5.74) is 1.50. The lowest BCUT2D eigenvalue weighted by Gasteiger charge is -2.34. The van der Waals surface area contributed by atoms with Gasteiger partial charge in [-0.25, -0.2) is 17.5 Å². The van der Waals surface area contributed by atoms with Gasteiger partial charge in [0.05, 0.1) is 11.4 Å². The Hall–Kier alpha value is -1.51. The van der Waals surface area contributed by atoms with Gasteiger partial charge in [0.15, 0.2) is 5.58 Å². The van der Waals surface area contributed by atoms with Crippen molar-refractivity contribution < 1.29 is 17.3 Å². The quantitative estimate of drug-likeness (QED) is 0.708. The molecule has 0 spiro atoms. The summed E-state index contributed by atoms with van der Waals surface area (Å²) in [6.45, 7) is 4.88. The van der Waals surface area contributed by atoms with Crippen molar-refractivity contribution in [2.75, 3.05) is 25.4 Å². The van der Waals surface area contributed by atoms with Crippen molar-refractivity contribution in [3.63, 3.8) is 0 Å². The van der Waals surface area contributed by atoms with Gasteiger partial charge in [-0.1, -0.05) is 5.16 Å². The van der Waals surface area contributed by atoms with Crippen LogP contribution in [0.3, 0.4) is 0 Å². The van der Waals surface area contributed by atoms with E-state index >= 15 is 0 Å². The zero-order valence-corrected chi connectivity index (χ0v) is 18.5. The number of nitrogens with zero attached hydrogens (tertiary/aromatic N) is 2. The van der Waals surface area contributed by atoms with Crippen molar-refractivity contribution in [1.82, 2.24) is 14.8 Å². The molecule has 1 saturated carbocycles. The summed E-state index contributed by atoms with van der Waals surface area (Å²) in [4.78, 5) is 2.53. The Balaban J connectivity index is 1.20. The molecule has 1 N–H and O–H groups in total. The summed E-state index contributed by atoms with van der Waals surface area (Å²) in [5.74, 6) is 0.926. The fourth-order valence-electron chi connectivity index (χ4n) is 4.93. The van der Waals surface area contributed by atoms with Gasteiger partial charge in [-0.3, -0.25) is 0 Å². The van der Waals surface area contributed by atoms with Gasteiger partial charge in [0.1, 0.15) is 5.82 Å². The maximum atomic E-state index is 13.4. The van der Waals surface area contributed by atoms with Crippen molar-refractivity contribution in [3.8, 4) is 0 Å². The molecule has 166 valence electrons. The van der Waals surface area contributed by atoms with Gasteiger partial charge in [-0.2, -0.15) is 0 Å². The second-order valence-electron chi connectivity index (χ2n) is 8.85. The van der Waals surface area contributed by atoms with Crippen LogP contribution in [-0.2, 0) is 10.0 Å². The number of piperidine rings is 1. The van der Waals surface area contributed by atoms with Gasteiger partial charge in [0.25, 0.3) is 0 Å². The van der Waals surface area contributed by atoms with E-state index in [2.05, 4.69) is 14.8 Å². The number of aromatic nitrogens is 1. The molecule has 8 heteroatoms. The Kier molecular flexibility index (Phi) is 6.75. The molecule has 1 aliphatic heterocycles. The molecule has 1 aromatic carbocycles. The fraction of sp³-hybridized carbons (Fsp3) is 0.682. The summed E-state index contributed by atoms with van der Waals surface area (Å²) >= 11 is 0. The molecule has 1 aromatic heterocycles. The van der Waals surface area contributed by atoms with Crippen LogP contribution in [0.15, 0.2) is 22.7 Å². The van der Waals surface area contributed by atoms with Gasteiger partial charge >= 0.3 is 0 Å². The van der Waals surface area contributed by atoms with Crippen LogP contribution in [-0.4, -0.2) is 49.9 Å². The molecule has 4 rings (SSSR count). The zero-order valence-electron chi connectivity index (χ0n) is 17.6. The van der Waals surface area contributed by atoms with Crippen molar-refractivity contribution in [3.05, 3.63) is 29.7 Å². The molecule has 2 fully saturated rings. The molecule has 1 saturated heterocycles. The Bertz CT molecular complexity index is 946. The molecule has 1 aliphatic carbocycles. The highest BCUT2D eigenvalue weighted by atomic mass is 32.2. The van der Waals surface area contributed by atoms with Crippen LogP contribution in [0.2, 0.25) is 0 Å². The van der Waals surface area contributed by atoms with E-state index in [0.717, 1.165) is 69.2 Å². The molecular weight excluding hydrogens is 405 g/mol. The van der Waals surface area contributed by atoms with Crippen LogP contribution in [0.5, 0.6) is 0 Å². The highest BCUT2D eigenvalue weighted by Crippen LogP contribution is 2.33. The third-order valence-electron chi connectivity index (χ3n) is 6.86. The van der Waals surface area contributed by atoms with E-state index in [9.17, 15) is 12.8 Å². The molecule has 2 aliphatic rings. The summed E-state index contributed by atoms with van der Waals surface area (Å²) < 4.78 is 45.0. The molecular formula is C22H32FN3O3S. The number of likely N-dealkylation sites (tertiary alicyclic amines) is 1. The van der Waals surface area contributed by atoms with Crippen molar-refractivity contribution in [2.24, 2.45) is 5.92 Å². The number of hydrogen-bond donors (Lipinski definition) is 1. The highest BCUT2D eigenvalue weighted by molar-refractivity contribution is 7.89. The standard InChI is InChI=1S/C22H32FN3O3S/c1-2-30(27,28)25-19-6-3-16(4-7-19)9-12-26-13-10-17(11-14-26)22-20-8-5-18(23)15-21(20)29-24-22/h5,8,15-17,19,25H,2-4,6-7,9-14H2,1H3. The molecule has 0 unspecified atom stereocenters. The van der Waals surface area contributed by atoms with Crippen molar-refractivity contribution >= 4 is 21.0 Å². The highest BCUT2D eigenvalue weighted by Gasteiger charge is 2.27. The van der Waals surface area contributed by atoms with Gasteiger partial charge in [0.2, 0.25) is 10.0 Å². The smallest absolute Gasteiger partial charge is 0.211 e. The number of fused-ring (bicyclic) bond motifs is 1. The normalized spacial score (nSPS) is 24.5. The van der Waals surface area contributed by atoms with Gasteiger partial charge in [0, 0.05) is 23.4 Å². The van der Waals surface area contributed by atoms with Crippen LogP contribution >= 0.6 is 0 Å². The van der Waals surface area contributed by atoms with E-state index < -0.39 is 10.0 Å². The number of sulfonamides is 1. The van der Waals surface area contributed by atoms with Gasteiger partial charge in [-0.05, 0) is 89.6 Å². The molecule has 2 heterocycles. The molecule has 0 radical (unpaired) electrons. The van der Waals surface area contributed by atoms with E-state index in [1.165, 1.54) is 18.6 Å². The summed E-state index contributed by atoms with van der Waals surface area (Å²) in [5, 5.41) is 5.17. The first-order valence-electron chi connectivity index (χ1n) is 11.2. The summed E-state index contributed by atoms with van der Waals surface area (Å²) in [7, 11) is -3.09. The SMILES string of the molecule is CCS(=O)(=O)NC1CCC(CCN2CCC(c3noc4cc(F)ccc34)CC2)CC1. The van der Waals surface area contributed by atoms with Crippen LogP contribution in [0, 0.1) is 11.7 Å². The summed E-state index contributed by atoms with van der Waals surface area (Å²) in [6.07, 6.45) is 7.39. The predicted molar refractivity (Wildman–Crippen MR) is 115 cm³/mol. The van der Waals surface area contributed by atoms with E-state index in [-0.39, 0.29) is 17.6 Å². The van der Waals surface area contributed by atoms with Gasteiger partial charge < -0.3 is 9.42 Å². The maximum Gasteiger partial charge on any atom is 0.211 e. The lowest BCUT2D eigenvalue weighted by Crippen LogP contribution is -2.39. The third-order valence-corrected chi connectivity index (χ3v) is 8.32. The Morgan fingerprint density at radius 3 is 2.60 bits per heavy atom.